The third kappa shape index (κ3) is 4.62. The summed E-state index contributed by atoms with van der Waals surface area (Å²) >= 11 is 1.56. The van der Waals surface area contributed by atoms with Gasteiger partial charge in [0, 0.05) is 49.4 Å². The number of carbonyl (C=O) groups is 3. The fourth-order valence-electron chi connectivity index (χ4n) is 6.92. The Labute approximate surface area is 230 Å². The maximum atomic E-state index is 14.5. The number of aliphatic hydroxyl groups excluding tert-OH is 1. The van der Waals surface area contributed by atoms with Crippen LogP contribution in [0.1, 0.15) is 46.5 Å². The smallest absolute Gasteiger partial charge is 0.308 e. The molecule has 4 rings (SSSR count). The number of likely N-dealkylation sites (tertiary alicyclic amines) is 1. The number of carbonyl (C=O) groups excluding carboxylic acids is 2. The molecule has 3 aliphatic heterocycles. The molecule has 208 valence electrons. The number of fused-ring (bicyclic) bond motifs is 1. The average Bonchev–Trinajstić information content (AvgIpc) is 3.50. The van der Waals surface area contributed by atoms with E-state index in [1.54, 1.807) is 27.6 Å². The lowest BCUT2D eigenvalue weighted by Crippen LogP contribution is -2.57. The van der Waals surface area contributed by atoms with Gasteiger partial charge in [-0.3, -0.25) is 14.4 Å². The summed E-state index contributed by atoms with van der Waals surface area (Å²) in [6, 6.07) is 7.16. The third-order valence-corrected chi connectivity index (χ3v) is 10.8. The normalized spacial score (nSPS) is 29.4. The first-order valence-electron chi connectivity index (χ1n) is 13.9. The Kier molecular flexibility index (Phi) is 8.77. The zero-order valence-electron chi connectivity index (χ0n) is 22.7. The molecule has 9 heteroatoms. The number of carboxylic acids is 1. The Balaban J connectivity index is 1.73. The lowest BCUT2D eigenvalue weighted by Gasteiger charge is -2.40. The van der Waals surface area contributed by atoms with Gasteiger partial charge in [-0.15, -0.1) is 18.3 Å². The number of aliphatic carboxylic acids is 1. The first-order chi connectivity index (χ1) is 18.3. The molecule has 8 nitrogen and oxygen atoms in total. The van der Waals surface area contributed by atoms with Gasteiger partial charge in [0.15, 0.2) is 0 Å². The highest BCUT2D eigenvalue weighted by Crippen LogP contribution is 2.68. The highest BCUT2D eigenvalue weighted by atomic mass is 32.2. The summed E-state index contributed by atoms with van der Waals surface area (Å²) < 4.78 is -0.764. The van der Waals surface area contributed by atoms with Gasteiger partial charge in [0.05, 0.1) is 16.6 Å². The summed E-state index contributed by atoms with van der Waals surface area (Å²) in [6.45, 7) is 12.7. The minimum absolute atomic E-state index is 0.0362. The van der Waals surface area contributed by atoms with Gasteiger partial charge in [0.1, 0.15) is 6.04 Å². The Morgan fingerprint density at radius 1 is 1.16 bits per heavy atom. The summed E-state index contributed by atoms with van der Waals surface area (Å²) in [5, 5.41) is 19.2. The molecule has 1 spiro atoms. The van der Waals surface area contributed by atoms with E-state index >= 15 is 0 Å². The molecule has 0 radical (unpaired) electrons. The second kappa shape index (κ2) is 11.7. The molecule has 0 saturated carbocycles. The van der Waals surface area contributed by atoms with Gasteiger partial charge >= 0.3 is 5.97 Å². The van der Waals surface area contributed by atoms with Crippen LogP contribution in [0.25, 0.3) is 0 Å². The molecular formula is C29H41N3O5S. The van der Waals surface area contributed by atoms with Gasteiger partial charge in [-0.25, -0.2) is 0 Å². The van der Waals surface area contributed by atoms with Gasteiger partial charge in [0.25, 0.3) is 5.91 Å². The van der Waals surface area contributed by atoms with Crippen molar-refractivity contribution in [3.05, 3.63) is 36.9 Å². The summed E-state index contributed by atoms with van der Waals surface area (Å²) in [5.41, 5.74) is 1.81. The summed E-state index contributed by atoms with van der Waals surface area (Å²) in [5.74, 6) is -2.78. The number of rotatable bonds is 13. The van der Waals surface area contributed by atoms with Gasteiger partial charge in [0.2, 0.25) is 5.91 Å². The zero-order valence-corrected chi connectivity index (χ0v) is 23.5. The predicted molar refractivity (Wildman–Crippen MR) is 151 cm³/mol. The number of thioether (sulfide) groups is 1. The van der Waals surface area contributed by atoms with E-state index in [0.717, 1.165) is 30.9 Å². The number of amides is 2. The van der Waals surface area contributed by atoms with Gasteiger partial charge < -0.3 is 24.9 Å². The topological polar surface area (TPSA) is 101 Å². The molecule has 38 heavy (non-hydrogen) atoms. The van der Waals surface area contributed by atoms with Crippen LogP contribution in [-0.2, 0) is 14.4 Å². The van der Waals surface area contributed by atoms with Gasteiger partial charge in [-0.1, -0.05) is 13.0 Å². The van der Waals surface area contributed by atoms with E-state index in [1.807, 2.05) is 24.3 Å². The number of aliphatic hydroxyl groups is 1. The molecule has 0 aromatic heterocycles. The number of anilines is 2. The molecule has 3 unspecified atom stereocenters. The Morgan fingerprint density at radius 2 is 1.82 bits per heavy atom. The second-order valence-electron chi connectivity index (χ2n) is 10.6. The summed E-state index contributed by atoms with van der Waals surface area (Å²) in [4.78, 5) is 46.4. The van der Waals surface area contributed by atoms with Crippen molar-refractivity contribution in [3.63, 3.8) is 0 Å². The molecule has 3 fully saturated rings. The number of hydrogen-bond donors (Lipinski definition) is 2. The number of nitrogens with zero attached hydrogens (tertiary/aromatic N) is 3. The minimum Gasteiger partial charge on any atom is -0.481 e. The molecule has 2 amide bonds. The molecule has 6 atom stereocenters. The fourth-order valence-corrected chi connectivity index (χ4v) is 9.33. The van der Waals surface area contributed by atoms with Crippen LogP contribution in [0.4, 0.5) is 11.4 Å². The van der Waals surface area contributed by atoms with Crippen molar-refractivity contribution in [1.29, 1.82) is 0 Å². The van der Waals surface area contributed by atoms with Crippen molar-refractivity contribution in [3.8, 4) is 0 Å². The van der Waals surface area contributed by atoms with E-state index in [9.17, 15) is 24.6 Å². The Bertz CT molecular complexity index is 1050. The van der Waals surface area contributed by atoms with E-state index in [-0.39, 0.29) is 36.1 Å². The van der Waals surface area contributed by atoms with Crippen LogP contribution in [0.2, 0.25) is 0 Å². The predicted octanol–water partition coefficient (Wildman–Crippen LogP) is 3.64. The van der Waals surface area contributed by atoms with Crippen molar-refractivity contribution in [2.75, 3.05) is 42.6 Å². The maximum absolute atomic E-state index is 14.5. The highest BCUT2D eigenvalue weighted by molar-refractivity contribution is 8.02. The number of unbranched alkanes of at least 4 members (excludes halogenated alkanes) is 2. The molecule has 1 aromatic rings. The van der Waals surface area contributed by atoms with Crippen LogP contribution in [-0.4, -0.2) is 81.7 Å². The molecule has 3 heterocycles. The number of carboxylic acid groups (broad SMARTS) is 1. The standard InChI is InChI=1S/C29H41N3O5S/c1-5-15-31(21-13-11-20(12-14-21)30(6-2)7-3)27(35)25-29-19(4)18-22(38-29)23(28(36)37)24(29)26(34)32(25)16-9-8-10-17-33/h5,11-14,19,22-25,33H,1,6-10,15-18H2,2-4H3,(H,36,37)/t19?,22-,23+,24-,25?,29?/m0/s1. The van der Waals surface area contributed by atoms with E-state index in [1.165, 1.54) is 0 Å². The molecular weight excluding hydrogens is 502 g/mol. The van der Waals surface area contributed by atoms with Crippen molar-refractivity contribution < 1.29 is 24.6 Å². The van der Waals surface area contributed by atoms with Gasteiger partial charge in [-0.05, 0) is 69.7 Å². The van der Waals surface area contributed by atoms with Gasteiger partial charge in [-0.2, -0.15) is 0 Å². The molecule has 3 saturated heterocycles. The molecule has 3 aliphatic rings. The van der Waals surface area contributed by atoms with Crippen LogP contribution in [0.5, 0.6) is 0 Å². The number of hydrogen-bond acceptors (Lipinski definition) is 6. The Morgan fingerprint density at radius 3 is 2.39 bits per heavy atom. The molecule has 0 aliphatic carbocycles. The first kappa shape index (κ1) is 28.5. The molecule has 2 N–H and O–H groups in total. The Hall–Kier alpha value is -2.52. The number of benzene rings is 1. The SMILES string of the molecule is C=CCN(C(=O)C1N(CCCCCO)C(=O)[C@@H]2[C@H](C(=O)O)[C@@H]3CC(C)C12S3)c1ccc(N(CC)CC)cc1. The van der Waals surface area contributed by atoms with Crippen molar-refractivity contribution in [1.82, 2.24) is 4.90 Å². The van der Waals surface area contributed by atoms with Crippen molar-refractivity contribution in [2.24, 2.45) is 17.8 Å². The van der Waals surface area contributed by atoms with E-state index in [0.29, 0.717) is 25.8 Å². The minimum atomic E-state index is -0.946. The van der Waals surface area contributed by atoms with E-state index in [4.69, 9.17) is 0 Å². The maximum Gasteiger partial charge on any atom is 0.308 e. The zero-order chi connectivity index (χ0) is 27.6. The third-order valence-electron chi connectivity index (χ3n) is 8.69. The van der Waals surface area contributed by atoms with E-state index in [2.05, 4.69) is 32.3 Å². The van der Waals surface area contributed by atoms with Crippen molar-refractivity contribution >= 4 is 40.9 Å². The van der Waals surface area contributed by atoms with Crippen LogP contribution in [0.15, 0.2) is 36.9 Å². The van der Waals surface area contributed by atoms with Crippen LogP contribution in [0, 0.1) is 17.8 Å². The first-order valence-corrected chi connectivity index (χ1v) is 14.7. The van der Waals surface area contributed by atoms with E-state index < -0.39 is 28.6 Å². The average molecular weight is 544 g/mol. The lowest BCUT2D eigenvalue weighted by molar-refractivity contribution is -0.149. The summed E-state index contributed by atoms with van der Waals surface area (Å²) in [6.07, 6.45) is 4.39. The lowest BCUT2D eigenvalue weighted by atomic mass is 9.66. The fraction of sp³-hybridized carbons (Fsp3) is 0.621. The summed E-state index contributed by atoms with van der Waals surface area (Å²) in [7, 11) is 0. The monoisotopic (exact) mass is 543 g/mol. The largest absolute Gasteiger partial charge is 0.481 e. The molecule has 2 bridgehead atoms. The van der Waals surface area contributed by atoms with Crippen LogP contribution >= 0.6 is 11.8 Å². The highest BCUT2D eigenvalue weighted by Gasteiger charge is 2.76. The van der Waals surface area contributed by atoms with Crippen molar-refractivity contribution in [2.45, 2.75) is 62.5 Å². The molecule has 1 aromatic carbocycles. The van der Waals surface area contributed by atoms with Crippen LogP contribution in [0.3, 0.4) is 0 Å². The van der Waals surface area contributed by atoms with Crippen LogP contribution < -0.4 is 9.80 Å². The quantitative estimate of drug-likeness (QED) is 0.289. The second-order valence-corrected chi connectivity index (χ2v) is 12.2.